The Morgan fingerprint density at radius 2 is 1.32 bits per heavy atom. The molecule has 0 aliphatic heterocycles. The van der Waals surface area contributed by atoms with Crippen molar-refractivity contribution in [2.24, 2.45) is 22.7 Å². The lowest BCUT2D eigenvalue weighted by atomic mass is 9.54. The van der Waals surface area contributed by atoms with Crippen LogP contribution in [0.15, 0.2) is 11.1 Å². The van der Waals surface area contributed by atoms with Gasteiger partial charge in [0.2, 0.25) is 0 Å². The van der Waals surface area contributed by atoms with Crippen LogP contribution in [0.3, 0.4) is 0 Å². The van der Waals surface area contributed by atoms with Crippen LogP contribution in [0.5, 0.6) is 0 Å². The second-order valence-corrected chi connectivity index (χ2v) is 7.05. The fraction of sp³-hybridized carbons (Fsp3) is 0.765. The molecule has 0 radical (unpaired) electrons. The van der Waals surface area contributed by atoms with Gasteiger partial charge in [0.25, 0.3) is 0 Å². The summed E-state index contributed by atoms with van der Waals surface area (Å²) in [6, 6.07) is 0. The van der Waals surface area contributed by atoms with E-state index >= 15 is 0 Å². The van der Waals surface area contributed by atoms with E-state index in [0.717, 1.165) is 32.1 Å². The van der Waals surface area contributed by atoms with Gasteiger partial charge in [-0.2, -0.15) is 0 Å². The Hall–Kier alpha value is -0.920. The van der Waals surface area contributed by atoms with Crippen molar-refractivity contribution < 1.29 is 9.59 Å². The number of allylic oxidation sites excluding steroid dienone is 2. The number of ketones is 2. The van der Waals surface area contributed by atoms with E-state index in [9.17, 15) is 9.59 Å². The van der Waals surface area contributed by atoms with Gasteiger partial charge in [0.1, 0.15) is 11.6 Å². The van der Waals surface area contributed by atoms with Crippen molar-refractivity contribution in [1.82, 2.24) is 0 Å². The highest BCUT2D eigenvalue weighted by molar-refractivity contribution is 5.97. The van der Waals surface area contributed by atoms with Gasteiger partial charge >= 0.3 is 0 Å². The topological polar surface area (TPSA) is 34.1 Å². The number of Topliss-reactive ketones (excluding diaryl/α,β-unsaturated/α-hetero) is 2. The van der Waals surface area contributed by atoms with Crippen LogP contribution < -0.4 is 0 Å². The summed E-state index contributed by atoms with van der Waals surface area (Å²) < 4.78 is 0. The minimum Gasteiger partial charge on any atom is -0.299 e. The minimum atomic E-state index is -0.353. The number of rotatable bonds is 2. The number of carbonyl (C=O) groups is 2. The van der Waals surface area contributed by atoms with E-state index < -0.39 is 0 Å². The van der Waals surface area contributed by atoms with E-state index in [0.29, 0.717) is 11.8 Å². The van der Waals surface area contributed by atoms with Crippen molar-refractivity contribution in [3.05, 3.63) is 11.1 Å². The first-order chi connectivity index (χ1) is 8.89. The van der Waals surface area contributed by atoms with Crippen molar-refractivity contribution in [3.8, 4) is 0 Å². The molecule has 3 fully saturated rings. The second-order valence-electron chi connectivity index (χ2n) is 7.05. The third kappa shape index (κ3) is 1.19. The lowest BCUT2D eigenvalue weighted by Crippen LogP contribution is -2.51. The van der Waals surface area contributed by atoms with Crippen LogP contribution in [-0.4, -0.2) is 11.6 Å². The first-order valence-corrected chi connectivity index (χ1v) is 7.59. The second kappa shape index (κ2) is 3.80. The van der Waals surface area contributed by atoms with Crippen LogP contribution in [0.2, 0.25) is 0 Å². The fourth-order valence-electron chi connectivity index (χ4n) is 6.14. The summed E-state index contributed by atoms with van der Waals surface area (Å²) in [5.74, 6) is 1.25. The zero-order valence-corrected chi connectivity index (χ0v) is 12.5. The number of hydrogen-bond donors (Lipinski definition) is 0. The highest BCUT2D eigenvalue weighted by Gasteiger charge is 2.74. The van der Waals surface area contributed by atoms with Gasteiger partial charge in [-0.1, -0.05) is 17.6 Å². The van der Waals surface area contributed by atoms with Crippen LogP contribution >= 0.6 is 0 Å². The molecule has 0 saturated heterocycles. The van der Waals surface area contributed by atoms with Gasteiger partial charge in [-0.05, 0) is 65.2 Å². The highest BCUT2D eigenvalue weighted by atomic mass is 16.1. The van der Waals surface area contributed by atoms with Crippen molar-refractivity contribution in [2.45, 2.75) is 59.8 Å². The van der Waals surface area contributed by atoms with Gasteiger partial charge in [-0.25, -0.2) is 0 Å². The average molecular weight is 260 g/mol. The molecule has 0 heterocycles. The van der Waals surface area contributed by atoms with E-state index in [4.69, 9.17) is 0 Å². The van der Waals surface area contributed by atoms with Crippen LogP contribution in [0.4, 0.5) is 0 Å². The molecule has 2 nitrogen and oxygen atoms in total. The largest absolute Gasteiger partial charge is 0.299 e. The summed E-state index contributed by atoms with van der Waals surface area (Å²) in [6.07, 6.45) is 5.13. The summed E-state index contributed by atoms with van der Waals surface area (Å²) in [5.41, 5.74) is 2.11. The molecule has 3 aliphatic rings. The minimum absolute atomic E-state index is 0.270. The Morgan fingerprint density at radius 1 is 0.895 bits per heavy atom. The number of carbonyl (C=O) groups excluding carboxylic acids is 2. The maximum absolute atomic E-state index is 12.5. The van der Waals surface area contributed by atoms with Gasteiger partial charge in [0.05, 0.1) is 0 Å². The maximum atomic E-state index is 12.5. The predicted octanol–water partition coefficient (Wildman–Crippen LogP) is 3.70. The zero-order chi connectivity index (χ0) is 14.0. The molecule has 3 saturated carbocycles. The first-order valence-electron chi connectivity index (χ1n) is 7.59. The summed E-state index contributed by atoms with van der Waals surface area (Å²) in [6.45, 7) is 7.77. The van der Waals surface area contributed by atoms with Crippen LogP contribution in [-0.2, 0) is 9.59 Å². The van der Waals surface area contributed by atoms with Crippen LogP contribution in [0.1, 0.15) is 59.8 Å². The number of fused-ring (bicyclic) bond motifs is 5. The van der Waals surface area contributed by atoms with Gasteiger partial charge in [-0.3, -0.25) is 9.59 Å². The molecule has 0 aromatic rings. The van der Waals surface area contributed by atoms with E-state index in [1.54, 1.807) is 13.8 Å². The molecule has 0 spiro atoms. The zero-order valence-electron chi connectivity index (χ0n) is 12.5. The van der Waals surface area contributed by atoms with E-state index in [-0.39, 0.29) is 22.4 Å². The van der Waals surface area contributed by atoms with Gasteiger partial charge in [-0.15, -0.1) is 0 Å². The third-order valence-electron chi connectivity index (χ3n) is 6.46. The van der Waals surface area contributed by atoms with E-state index in [1.165, 1.54) is 11.1 Å². The summed E-state index contributed by atoms with van der Waals surface area (Å²) in [4.78, 5) is 25.1. The molecule has 2 bridgehead atoms. The van der Waals surface area contributed by atoms with Gasteiger partial charge in [0.15, 0.2) is 0 Å². The molecule has 3 aliphatic carbocycles. The van der Waals surface area contributed by atoms with Crippen molar-refractivity contribution in [1.29, 1.82) is 0 Å². The monoisotopic (exact) mass is 260 g/mol. The lowest BCUT2D eigenvalue weighted by Gasteiger charge is -2.45. The number of hydrogen-bond acceptors (Lipinski definition) is 2. The highest BCUT2D eigenvalue weighted by Crippen LogP contribution is 2.76. The Labute approximate surface area is 115 Å². The van der Waals surface area contributed by atoms with Crippen molar-refractivity contribution in [2.75, 3.05) is 0 Å². The predicted molar refractivity (Wildman–Crippen MR) is 74.7 cm³/mol. The molecule has 3 rings (SSSR count). The maximum Gasteiger partial charge on any atom is 0.137 e. The van der Waals surface area contributed by atoms with Gasteiger partial charge in [0, 0.05) is 10.8 Å². The molecular formula is C17H24O2. The summed E-state index contributed by atoms with van der Waals surface area (Å²) >= 11 is 0. The van der Waals surface area contributed by atoms with Crippen LogP contribution in [0, 0.1) is 22.7 Å². The molecule has 104 valence electrons. The Kier molecular flexibility index (Phi) is 2.62. The molecule has 19 heavy (non-hydrogen) atoms. The molecule has 0 unspecified atom stereocenters. The Balaban J connectivity index is 2.29. The molecule has 0 aromatic heterocycles. The normalized spacial score (nSPS) is 43.5. The van der Waals surface area contributed by atoms with E-state index in [2.05, 4.69) is 13.8 Å². The standard InChI is InChI=1S/C17H24O2/c1-10(2)15-13-6-7-14(15)17(12(4)19)9-5-8-16(13,17)11(3)18/h13-14H,5-9H2,1-4H3/t13-,14+,16+,17-. The fourth-order valence-corrected chi connectivity index (χ4v) is 6.14. The van der Waals surface area contributed by atoms with Crippen LogP contribution in [0.25, 0.3) is 0 Å². The third-order valence-corrected chi connectivity index (χ3v) is 6.46. The SMILES string of the molecule is CC(=O)[C@]12CCC[C@@]1(C(C)=O)[C@H]1CC[C@@H]2C1=C(C)C. The summed E-state index contributed by atoms with van der Waals surface area (Å²) in [7, 11) is 0. The lowest BCUT2D eigenvalue weighted by molar-refractivity contribution is -0.150. The average Bonchev–Trinajstić information content (AvgIpc) is 2.96. The molecule has 2 heteroatoms. The summed E-state index contributed by atoms with van der Waals surface area (Å²) in [5, 5.41) is 0. The Morgan fingerprint density at radius 3 is 1.63 bits per heavy atom. The first kappa shape index (κ1) is 13.1. The molecule has 0 N–H and O–H groups in total. The molecular weight excluding hydrogens is 236 g/mol. The molecule has 4 atom stereocenters. The van der Waals surface area contributed by atoms with E-state index in [1.807, 2.05) is 0 Å². The smallest absolute Gasteiger partial charge is 0.137 e. The Bertz CT molecular complexity index is 459. The quantitative estimate of drug-likeness (QED) is 0.709. The molecule has 0 aromatic carbocycles. The van der Waals surface area contributed by atoms with Gasteiger partial charge < -0.3 is 0 Å². The van der Waals surface area contributed by atoms with Crippen molar-refractivity contribution >= 4 is 11.6 Å². The molecule has 0 amide bonds. The van der Waals surface area contributed by atoms with Crippen molar-refractivity contribution in [3.63, 3.8) is 0 Å².